The van der Waals surface area contributed by atoms with Crippen molar-refractivity contribution in [3.05, 3.63) is 35.4 Å². The summed E-state index contributed by atoms with van der Waals surface area (Å²) in [4.78, 5) is 11.7. The number of hydrogen-bond donors (Lipinski definition) is 1. The van der Waals surface area contributed by atoms with Crippen LogP contribution in [0.25, 0.3) is 0 Å². The molecule has 0 amide bonds. The maximum Gasteiger partial charge on any atom is 0.311 e. The number of carbonyl (C=O) groups is 1. The Morgan fingerprint density at radius 3 is 2.50 bits per heavy atom. The van der Waals surface area contributed by atoms with Crippen molar-refractivity contribution in [1.29, 1.82) is 5.26 Å². The molecule has 0 aromatic heterocycles. The molecule has 2 fully saturated rings. The van der Waals surface area contributed by atoms with E-state index in [1.165, 1.54) is 0 Å². The van der Waals surface area contributed by atoms with Gasteiger partial charge in [-0.25, -0.2) is 0 Å². The highest BCUT2D eigenvalue weighted by Crippen LogP contribution is 2.39. The number of carboxylic acids is 1. The standard InChI is InChI=1S/C18H21NO3/c19-11-18(9-10-22-12-18)15-7-5-14(6-8-15)16(17(20)21)13-3-1-2-4-13/h5-8,13,16H,1-4,9-10,12H2,(H,20,21). The lowest BCUT2D eigenvalue weighted by atomic mass is 9.79. The molecule has 22 heavy (non-hydrogen) atoms. The number of nitriles is 1. The van der Waals surface area contributed by atoms with Crippen molar-refractivity contribution < 1.29 is 14.6 Å². The van der Waals surface area contributed by atoms with Gasteiger partial charge in [-0.2, -0.15) is 5.26 Å². The monoisotopic (exact) mass is 299 g/mol. The molecule has 4 heteroatoms. The summed E-state index contributed by atoms with van der Waals surface area (Å²) < 4.78 is 5.39. The molecule has 2 atom stereocenters. The Labute approximate surface area is 130 Å². The maximum atomic E-state index is 11.7. The minimum atomic E-state index is -0.737. The minimum absolute atomic E-state index is 0.239. The van der Waals surface area contributed by atoms with Crippen LogP contribution in [0.15, 0.2) is 24.3 Å². The molecule has 116 valence electrons. The summed E-state index contributed by atoms with van der Waals surface area (Å²) in [5.74, 6) is -0.920. The third-order valence-corrected chi connectivity index (χ3v) is 5.20. The van der Waals surface area contributed by atoms with Crippen LogP contribution in [-0.4, -0.2) is 24.3 Å². The van der Waals surface area contributed by atoms with E-state index in [9.17, 15) is 15.2 Å². The molecule has 0 spiro atoms. The summed E-state index contributed by atoms with van der Waals surface area (Å²) in [5.41, 5.74) is 1.23. The van der Waals surface area contributed by atoms with Gasteiger partial charge in [-0.15, -0.1) is 0 Å². The predicted octanol–water partition coefficient (Wildman–Crippen LogP) is 3.23. The Bertz CT molecular complexity index is 575. The molecule has 4 nitrogen and oxygen atoms in total. The maximum absolute atomic E-state index is 11.7. The van der Waals surface area contributed by atoms with Crippen molar-refractivity contribution >= 4 is 5.97 Å². The Balaban J connectivity index is 1.86. The van der Waals surface area contributed by atoms with E-state index < -0.39 is 17.3 Å². The van der Waals surface area contributed by atoms with Gasteiger partial charge in [0.1, 0.15) is 5.41 Å². The Morgan fingerprint density at radius 1 is 1.32 bits per heavy atom. The Hall–Kier alpha value is -1.86. The lowest BCUT2D eigenvalue weighted by Gasteiger charge is -2.22. The first-order valence-corrected chi connectivity index (χ1v) is 7.98. The number of aliphatic carboxylic acids is 1. The molecule has 1 aromatic rings. The molecule has 0 bridgehead atoms. The van der Waals surface area contributed by atoms with Gasteiger partial charge in [-0.3, -0.25) is 4.79 Å². The molecule has 1 heterocycles. The second kappa shape index (κ2) is 6.10. The largest absolute Gasteiger partial charge is 0.481 e. The van der Waals surface area contributed by atoms with Crippen molar-refractivity contribution in [1.82, 2.24) is 0 Å². The summed E-state index contributed by atoms with van der Waals surface area (Å²) in [6.45, 7) is 1.03. The molecule has 1 saturated heterocycles. The van der Waals surface area contributed by atoms with E-state index in [-0.39, 0.29) is 5.92 Å². The average molecular weight is 299 g/mol. The van der Waals surface area contributed by atoms with E-state index in [0.717, 1.165) is 36.8 Å². The SMILES string of the molecule is N#CC1(c2ccc(C(C(=O)O)C3CCCC3)cc2)CCOC1. The number of carboxylic acid groups (broad SMARTS) is 1. The smallest absolute Gasteiger partial charge is 0.311 e. The number of ether oxygens (including phenoxy) is 1. The zero-order chi connectivity index (χ0) is 15.6. The fraction of sp³-hybridized carbons (Fsp3) is 0.556. The van der Waals surface area contributed by atoms with Gasteiger partial charge in [0.25, 0.3) is 0 Å². The number of hydrogen-bond acceptors (Lipinski definition) is 3. The van der Waals surface area contributed by atoms with Gasteiger partial charge in [0.15, 0.2) is 0 Å². The van der Waals surface area contributed by atoms with Crippen molar-refractivity contribution in [2.45, 2.75) is 43.4 Å². The van der Waals surface area contributed by atoms with Crippen LogP contribution in [0, 0.1) is 17.2 Å². The van der Waals surface area contributed by atoms with Crippen LogP contribution in [0.3, 0.4) is 0 Å². The van der Waals surface area contributed by atoms with Crippen LogP contribution < -0.4 is 0 Å². The topological polar surface area (TPSA) is 70.3 Å². The average Bonchev–Trinajstić information content (AvgIpc) is 3.20. The summed E-state index contributed by atoms with van der Waals surface area (Å²) >= 11 is 0. The second-order valence-corrected chi connectivity index (χ2v) is 6.48. The molecule has 2 unspecified atom stereocenters. The third kappa shape index (κ3) is 2.62. The van der Waals surface area contributed by atoms with E-state index in [4.69, 9.17) is 4.74 Å². The zero-order valence-corrected chi connectivity index (χ0v) is 12.6. The zero-order valence-electron chi connectivity index (χ0n) is 12.6. The predicted molar refractivity (Wildman–Crippen MR) is 81.5 cm³/mol. The molecular weight excluding hydrogens is 278 g/mol. The fourth-order valence-electron chi connectivity index (χ4n) is 3.86. The van der Waals surface area contributed by atoms with Crippen molar-refractivity contribution in [3.63, 3.8) is 0 Å². The van der Waals surface area contributed by atoms with E-state index in [2.05, 4.69) is 6.07 Å². The highest BCUT2D eigenvalue weighted by molar-refractivity contribution is 5.76. The lowest BCUT2D eigenvalue weighted by molar-refractivity contribution is -0.140. The minimum Gasteiger partial charge on any atom is -0.481 e. The van der Waals surface area contributed by atoms with Crippen LogP contribution in [0.5, 0.6) is 0 Å². The van der Waals surface area contributed by atoms with Gasteiger partial charge < -0.3 is 9.84 Å². The first-order valence-electron chi connectivity index (χ1n) is 7.98. The second-order valence-electron chi connectivity index (χ2n) is 6.48. The van der Waals surface area contributed by atoms with Crippen LogP contribution in [0.4, 0.5) is 0 Å². The quantitative estimate of drug-likeness (QED) is 0.926. The van der Waals surface area contributed by atoms with Crippen molar-refractivity contribution in [3.8, 4) is 6.07 Å². The molecular formula is C18H21NO3. The summed E-state index contributed by atoms with van der Waals surface area (Å²) in [5, 5.41) is 19.1. The van der Waals surface area contributed by atoms with Crippen LogP contribution in [-0.2, 0) is 14.9 Å². The third-order valence-electron chi connectivity index (χ3n) is 5.20. The van der Waals surface area contributed by atoms with Gasteiger partial charge in [0.05, 0.1) is 18.6 Å². The lowest BCUT2D eigenvalue weighted by Crippen LogP contribution is -2.24. The van der Waals surface area contributed by atoms with Gasteiger partial charge in [0.2, 0.25) is 0 Å². The van der Waals surface area contributed by atoms with Crippen molar-refractivity contribution in [2.24, 2.45) is 5.92 Å². The highest BCUT2D eigenvalue weighted by Gasteiger charge is 2.37. The first kappa shape index (κ1) is 15.1. The van der Waals surface area contributed by atoms with E-state index in [0.29, 0.717) is 19.6 Å². The Morgan fingerprint density at radius 2 is 2.00 bits per heavy atom. The van der Waals surface area contributed by atoms with Crippen LogP contribution in [0.1, 0.15) is 49.1 Å². The van der Waals surface area contributed by atoms with E-state index >= 15 is 0 Å². The van der Waals surface area contributed by atoms with Gasteiger partial charge in [0, 0.05) is 6.61 Å². The van der Waals surface area contributed by atoms with Gasteiger partial charge in [-0.05, 0) is 36.3 Å². The number of rotatable bonds is 4. The van der Waals surface area contributed by atoms with Gasteiger partial charge >= 0.3 is 5.97 Å². The van der Waals surface area contributed by atoms with Crippen LogP contribution >= 0.6 is 0 Å². The number of nitrogens with zero attached hydrogens (tertiary/aromatic N) is 1. The van der Waals surface area contributed by atoms with E-state index in [1.54, 1.807) is 0 Å². The highest BCUT2D eigenvalue weighted by atomic mass is 16.5. The summed E-state index contributed by atoms with van der Waals surface area (Å²) in [7, 11) is 0. The fourth-order valence-corrected chi connectivity index (χ4v) is 3.86. The van der Waals surface area contributed by atoms with Crippen molar-refractivity contribution in [2.75, 3.05) is 13.2 Å². The number of benzene rings is 1. The molecule has 3 rings (SSSR count). The first-order chi connectivity index (χ1) is 10.7. The molecule has 1 saturated carbocycles. The molecule has 1 aliphatic carbocycles. The molecule has 0 radical (unpaired) electrons. The summed E-state index contributed by atoms with van der Waals surface area (Å²) in [6.07, 6.45) is 4.94. The molecule has 1 aliphatic heterocycles. The van der Waals surface area contributed by atoms with Gasteiger partial charge in [-0.1, -0.05) is 37.1 Å². The molecule has 2 aliphatic rings. The van der Waals surface area contributed by atoms with E-state index in [1.807, 2.05) is 24.3 Å². The Kier molecular flexibility index (Phi) is 4.17. The normalized spacial score (nSPS) is 26.7. The van der Waals surface area contributed by atoms with Crippen LogP contribution in [0.2, 0.25) is 0 Å². The molecule has 1 N–H and O–H groups in total. The summed E-state index contributed by atoms with van der Waals surface area (Å²) in [6, 6.07) is 9.99. The molecule has 1 aromatic carbocycles.